The Bertz CT molecular complexity index is 1230. The number of nitrogens with zero attached hydrogens (tertiary/aromatic N) is 4. The zero-order valence-electron chi connectivity index (χ0n) is 16.6. The first kappa shape index (κ1) is 22.7. The van der Waals surface area contributed by atoms with E-state index in [1.807, 2.05) is 0 Å². The summed E-state index contributed by atoms with van der Waals surface area (Å²) in [5.74, 6) is -0.606. The molecule has 3 aromatic rings. The summed E-state index contributed by atoms with van der Waals surface area (Å²) >= 11 is 7.07. The van der Waals surface area contributed by atoms with E-state index in [9.17, 15) is 17.6 Å². The molecule has 0 bridgehead atoms. The SMILES string of the molecule is O=C(CSc1nnc(-c2cccc(Cl)c2)o1)N1CCN(S(=O)(=O)c2ccccc2F)CC1. The van der Waals surface area contributed by atoms with Crippen LogP contribution in [0, 0.1) is 5.82 Å². The first-order chi connectivity index (χ1) is 15.3. The lowest BCUT2D eigenvalue weighted by Crippen LogP contribution is -2.51. The van der Waals surface area contributed by atoms with E-state index in [0.717, 1.165) is 17.8 Å². The maximum absolute atomic E-state index is 13.9. The molecule has 0 radical (unpaired) electrons. The van der Waals surface area contributed by atoms with E-state index >= 15 is 0 Å². The average molecular weight is 497 g/mol. The van der Waals surface area contributed by atoms with Crippen LogP contribution in [-0.4, -0.2) is 65.7 Å². The minimum Gasteiger partial charge on any atom is -0.411 e. The molecule has 4 rings (SSSR count). The van der Waals surface area contributed by atoms with E-state index in [1.54, 1.807) is 29.2 Å². The Morgan fingerprint density at radius 1 is 1.09 bits per heavy atom. The Balaban J connectivity index is 1.31. The quantitative estimate of drug-likeness (QED) is 0.483. The van der Waals surface area contributed by atoms with Gasteiger partial charge in [-0.2, -0.15) is 4.31 Å². The van der Waals surface area contributed by atoms with E-state index in [2.05, 4.69) is 10.2 Å². The van der Waals surface area contributed by atoms with Gasteiger partial charge in [-0.25, -0.2) is 12.8 Å². The number of piperazine rings is 1. The molecule has 0 N–H and O–H groups in total. The Morgan fingerprint density at radius 3 is 2.56 bits per heavy atom. The van der Waals surface area contributed by atoms with Gasteiger partial charge in [-0.3, -0.25) is 4.79 Å². The predicted molar refractivity (Wildman–Crippen MR) is 117 cm³/mol. The van der Waals surface area contributed by atoms with E-state index in [-0.39, 0.29) is 48.0 Å². The largest absolute Gasteiger partial charge is 0.411 e. The molecule has 0 aliphatic carbocycles. The highest BCUT2D eigenvalue weighted by molar-refractivity contribution is 7.99. The molecule has 32 heavy (non-hydrogen) atoms. The molecule has 1 aliphatic rings. The average Bonchev–Trinajstić information content (AvgIpc) is 3.27. The summed E-state index contributed by atoms with van der Waals surface area (Å²) in [6.45, 7) is 0.606. The Labute approximate surface area is 193 Å². The molecule has 0 spiro atoms. The van der Waals surface area contributed by atoms with Gasteiger partial charge >= 0.3 is 0 Å². The first-order valence-electron chi connectivity index (χ1n) is 9.59. The van der Waals surface area contributed by atoms with Crippen molar-refractivity contribution in [2.75, 3.05) is 31.9 Å². The molecule has 168 valence electrons. The van der Waals surface area contributed by atoms with Crippen LogP contribution in [0.5, 0.6) is 0 Å². The minimum absolute atomic E-state index is 0.0667. The number of hydrogen-bond acceptors (Lipinski definition) is 7. The summed E-state index contributed by atoms with van der Waals surface area (Å²) < 4.78 is 46.1. The highest BCUT2D eigenvalue weighted by Gasteiger charge is 2.31. The summed E-state index contributed by atoms with van der Waals surface area (Å²) in [5.41, 5.74) is 0.676. The lowest BCUT2D eigenvalue weighted by Gasteiger charge is -2.34. The molecule has 2 aromatic carbocycles. The fraction of sp³-hybridized carbons (Fsp3) is 0.250. The number of hydrogen-bond donors (Lipinski definition) is 0. The Hall–Kier alpha value is -2.47. The molecule has 0 atom stereocenters. The monoisotopic (exact) mass is 496 g/mol. The number of thioether (sulfide) groups is 1. The summed E-state index contributed by atoms with van der Waals surface area (Å²) in [7, 11) is -3.95. The third-order valence-corrected chi connectivity index (χ3v) is 7.81. The van der Waals surface area contributed by atoms with Crippen molar-refractivity contribution in [1.29, 1.82) is 0 Å². The molecule has 0 saturated carbocycles. The van der Waals surface area contributed by atoms with E-state index in [0.29, 0.717) is 16.5 Å². The number of carbonyl (C=O) groups is 1. The number of rotatable bonds is 6. The molecule has 12 heteroatoms. The predicted octanol–water partition coefficient (Wildman–Crippen LogP) is 3.15. The molecule has 1 fully saturated rings. The fourth-order valence-corrected chi connectivity index (χ4v) is 5.54. The minimum atomic E-state index is -3.95. The van der Waals surface area contributed by atoms with Gasteiger partial charge in [0.05, 0.1) is 5.75 Å². The molecule has 1 aromatic heterocycles. The van der Waals surface area contributed by atoms with E-state index in [4.69, 9.17) is 16.0 Å². The van der Waals surface area contributed by atoms with Gasteiger partial charge in [-0.05, 0) is 30.3 Å². The van der Waals surface area contributed by atoms with Crippen molar-refractivity contribution < 1.29 is 22.0 Å². The lowest BCUT2D eigenvalue weighted by atomic mass is 10.2. The number of aromatic nitrogens is 2. The van der Waals surface area contributed by atoms with Crippen molar-refractivity contribution in [1.82, 2.24) is 19.4 Å². The van der Waals surface area contributed by atoms with Gasteiger partial charge in [0, 0.05) is 36.8 Å². The number of carbonyl (C=O) groups excluding carboxylic acids is 1. The van der Waals surface area contributed by atoms with Crippen LogP contribution in [0.1, 0.15) is 0 Å². The Kier molecular flexibility index (Phi) is 6.79. The smallest absolute Gasteiger partial charge is 0.277 e. The second-order valence-corrected chi connectivity index (χ2v) is 10.2. The fourth-order valence-electron chi connectivity index (χ4n) is 3.19. The van der Waals surface area contributed by atoms with Gasteiger partial charge in [-0.1, -0.05) is 41.6 Å². The Morgan fingerprint density at radius 2 is 1.84 bits per heavy atom. The van der Waals surface area contributed by atoms with Crippen LogP contribution in [0.25, 0.3) is 11.5 Å². The zero-order valence-corrected chi connectivity index (χ0v) is 19.0. The summed E-state index contributed by atoms with van der Waals surface area (Å²) in [4.78, 5) is 13.7. The van der Waals surface area contributed by atoms with Gasteiger partial charge in [-0.15, -0.1) is 10.2 Å². The topological polar surface area (TPSA) is 96.6 Å². The van der Waals surface area contributed by atoms with Gasteiger partial charge in [0.2, 0.25) is 21.8 Å². The van der Waals surface area contributed by atoms with Crippen LogP contribution in [0.15, 0.2) is 63.1 Å². The van der Waals surface area contributed by atoms with Gasteiger partial charge in [0.25, 0.3) is 5.22 Å². The third kappa shape index (κ3) is 4.96. The standard InChI is InChI=1S/C20H18ClFN4O4S2/c21-15-5-3-4-14(12-15)19-23-24-20(30-19)31-13-18(27)25-8-10-26(11-9-25)32(28,29)17-7-2-1-6-16(17)22/h1-7,12H,8-11,13H2. The van der Waals surface area contributed by atoms with Crippen LogP contribution in [0.2, 0.25) is 5.02 Å². The molecule has 8 nitrogen and oxygen atoms in total. The van der Waals surface area contributed by atoms with Crippen LogP contribution in [0.4, 0.5) is 4.39 Å². The molecule has 1 aliphatic heterocycles. The van der Waals surface area contributed by atoms with Crippen molar-refractivity contribution >= 4 is 39.3 Å². The maximum atomic E-state index is 13.9. The molecular weight excluding hydrogens is 479 g/mol. The summed E-state index contributed by atoms with van der Waals surface area (Å²) in [6.07, 6.45) is 0. The second kappa shape index (κ2) is 9.57. The highest BCUT2D eigenvalue weighted by atomic mass is 35.5. The van der Waals surface area contributed by atoms with Crippen molar-refractivity contribution in [2.24, 2.45) is 0 Å². The molecule has 2 heterocycles. The molecule has 1 amide bonds. The number of benzene rings is 2. The number of amides is 1. The maximum Gasteiger partial charge on any atom is 0.277 e. The summed E-state index contributed by atoms with van der Waals surface area (Å²) in [6, 6.07) is 12.2. The van der Waals surface area contributed by atoms with Gasteiger partial charge in [0.15, 0.2) is 0 Å². The van der Waals surface area contributed by atoms with Crippen LogP contribution < -0.4 is 0 Å². The summed E-state index contributed by atoms with van der Waals surface area (Å²) in [5, 5.41) is 8.69. The van der Waals surface area contributed by atoms with Crippen LogP contribution in [-0.2, 0) is 14.8 Å². The third-order valence-electron chi connectivity index (χ3n) is 4.84. The lowest BCUT2D eigenvalue weighted by molar-refractivity contribution is -0.129. The van der Waals surface area contributed by atoms with Gasteiger partial charge in [0.1, 0.15) is 10.7 Å². The first-order valence-corrected chi connectivity index (χ1v) is 12.4. The highest BCUT2D eigenvalue weighted by Crippen LogP contribution is 2.26. The molecular formula is C20H18ClFN4O4S2. The second-order valence-electron chi connectivity index (χ2n) is 6.89. The number of halogens is 2. The molecule has 1 saturated heterocycles. The normalized spacial score (nSPS) is 15.1. The zero-order chi connectivity index (χ0) is 22.7. The van der Waals surface area contributed by atoms with Gasteiger partial charge < -0.3 is 9.32 Å². The van der Waals surface area contributed by atoms with Crippen LogP contribution in [0.3, 0.4) is 0 Å². The molecule has 0 unspecified atom stereocenters. The van der Waals surface area contributed by atoms with Crippen molar-refractivity contribution in [3.8, 4) is 11.5 Å². The van der Waals surface area contributed by atoms with Crippen molar-refractivity contribution in [2.45, 2.75) is 10.1 Å². The van der Waals surface area contributed by atoms with E-state index in [1.165, 1.54) is 22.5 Å². The number of sulfonamides is 1. The van der Waals surface area contributed by atoms with Crippen molar-refractivity contribution in [3.05, 3.63) is 59.4 Å². The van der Waals surface area contributed by atoms with E-state index < -0.39 is 15.8 Å². The van der Waals surface area contributed by atoms with Crippen molar-refractivity contribution in [3.63, 3.8) is 0 Å². The van der Waals surface area contributed by atoms with Crippen LogP contribution >= 0.6 is 23.4 Å².